The molecule has 1 saturated carbocycles. The van der Waals surface area contributed by atoms with Gasteiger partial charge in [-0.2, -0.15) is 0 Å². The van der Waals surface area contributed by atoms with Crippen molar-refractivity contribution >= 4 is 23.3 Å². The van der Waals surface area contributed by atoms with Crippen molar-refractivity contribution in [1.29, 1.82) is 0 Å². The Morgan fingerprint density at radius 2 is 2.14 bits per heavy atom. The second kappa shape index (κ2) is 5.67. The van der Waals surface area contributed by atoms with Crippen molar-refractivity contribution < 1.29 is 14.7 Å². The van der Waals surface area contributed by atoms with Crippen molar-refractivity contribution in [2.75, 3.05) is 6.54 Å². The molecule has 1 aromatic heterocycles. The number of fused-ring (bicyclic) bond motifs is 1. The lowest BCUT2D eigenvalue weighted by Gasteiger charge is -2.34. The van der Waals surface area contributed by atoms with Crippen LogP contribution in [0.15, 0.2) is 11.4 Å². The molecule has 0 atom stereocenters. The van der Waals surface area contributed by atoms with Crippen molar-refractivity contribution in [2.45, 2.75) is 50.6 Å². The van der Waals surface area contributed by atoms with E-state index in [-0.39, 0.29) is 12.5 Å². The predicted molar refractivity (Wildman–Crippen MR) is 80.4 cm³/mol. The van der Waals surface area contributed by atoms with Crippen molar-refractivity contribution in [3.8, 4) is 0 Å². The topological polar surface area (TPSA) is 69.6 Å². The largest absolute Gasteiger partial charge is 0.481 e. The first-order valence-corrected chi connectivity index (χ1v) is 8.30. The number of carboxylic acids is 1. The Kier molecular flexibility index (Phi) is 3.89. The van der Waals surface area contributed by atoms with Crippen LogP contribution in [0.4, 0.5) is 4.79 Å². The summed E-state index contributed by atoms with van der Waals surface area (Å²) >= 11 is 1.74. The number of urea groups is 1. The summed E-state index contributed by atoms with van der Waals surface area (Å²) in [6.45, 7) is 1.34. The van der Waals surface area contributed by atoms with E-state index in [2.05, 4.69) is 16.8 Å². The van der Waals surface area contributed by atoms with Crippen LogP contribution in [0.3, 0.4) is 0 Å². The summed E-state index contributed by atoms with van der Waals surface area (Å²) in [5, 5.41) is 14.2. The van der Waals surface area contributed by atoms with Crippen molar-refractivity contribution in [3.05, 3.63) is 21.9 Å². The first kappa shape index (κ1) is 14.4. The molecule has 1 aromatic rings. The van der Waals surface area contributed by atoms with Gasteiger partial charge in [-0.3, -0.25) is 4.79 Å². The molecular formula is C15H20N2O3S. The Morgan fingerprint density at radius 1 is 1.38 bits per heavy atom. The molecule has 2 aliphatic rings. The van der Waals surface area contributed by atoms with Gasteiger partial charge in [0.1, 0.15) is 0 Å². The number of rotatable bonds is 3. The van der Waals surface area contributed by atoms with Crippen LogP contribution in [0.5, 0.6) is 0 Å². The number of nitrogens with one attached hydrogen (secondary N) is 1. The monoisotopic (exact) mass is 308 g/mol. The minimum atomic E-state index is -0.837. The minimum Gasteiger partial charge on any atom is -0.481 e. The summed E-state index contributed by atoms with van der Waals surface area (Å²) in [4.78, 5) is 26.7. The number of hydrogen-bond donors (Lipinski definition) is 2. The van der Waals surface area contributed by atoms with Crippen LogP contribution >= 0.6 is 11.3 Å². The number of carbonyl (C=O) groups excluding carboxylic acids is 1. The molecule has 0 radical (unpaired) electrons. The minimum absolute atomic E-state index is 0.0241. The summed E-state index contributed by atoms with van der Waals surface area (Å²) < 4.78 is 0. The summed E-state index contributed by atoms with van der Waals surface area (Å²) in [6.07, 6.45) is 4.43. The van der Waals surface area contributed by atoms with Crippen molar-refractivity contribution in [2.24, 2.45) is 0 Å². The molecule has 1 aliphatic heterocycles. The van der Waals surface area contributed by atoms with E-state index in [9.17, 15) is 9.59 Å². The fourth-order valence-electron chi connectivity index (χ4n) is 3.41. The number of carboxylic acid groups (broad SMARTS) is 1. The Bertz CT molecular complexity index is 549. The molecule has 0 unspecified atom stereocenters. The first-order valence-electron chi connectivity index (χ1n) is 7.42. The maximum absolute atomic E-state index is 12.5. The highest BCUT2D eigenvalue weighted by molar-refractivity contribution is 7.10. The van der Waals surface area contributed by atoms with Crippen LogP contribution in [-0.2, 0) is 17.8 Å². The summed E-state index contributed by atoms with van der Waals surface area (Å²) in [5.41, 5.74) is 0.679. The van der Waals surface area contributed by atoms with Crippen LogP contribution < -0.4 is 5.32 Å². The van der Waals surface area contributed by atoms with E-state index in [0.717, 1.165) is 32.1 Å². The van der Waals surface area contributed by atoms with E-state index in [1.807, 2.05) is 0 Å². The standard InChI is InChI=1S/C15H20N2O3S/c18-13(19)9-15(5-1-2-6-15)16-14(20)17-7-3-12-11(10-17)4-8-21-12/h4,8H,1-3,5-7,9-10H2,(H,16,20)(H,18,19). The van der Waals surface area contributed by atoms with Gasteiger partial charge in [0.25, 0.3) is 0 Å². The van der Waals surface area contributed by atoms with E-state index in [1.165, 1.54) is 10.4 Å². The molecule has 0 bridgehead atoms. The molecule has 0 saturated heterocycles. The molecule has 3 rings (SSSR count). The number of nitrogens with zero attached hydrogens (tertiary/aromatic N) is 1. The molecule has 1 aliphatic carbocycles. The fraction of sp³-hybridized carbons (Fsp3) is 0.600. The lowest BCUT2D eigenvalue weighted by atomic mass is 9.93. The second-order valence-corrected chi connectivity index (χ2v) is 7.03. The van der Waals surface area contributed by atoms with Gasteiger partial charge in [0.05, 0.1) is 12.0 Å². The number of thiophene rings is 1. The Labute approximate surface area is 128 Å². The van der Waals surface area contributed by atoms with Gasteiger partial charge in [-0.1, -0.05) is 12.8 Å². The second-order valence-electron chi connectivity index (χ2n) is 6.03. The average Bonchev–Trinajstić information content (AvgIpc) is 3.06. The Hall–Kier alpha value is -1.56. The maximum atomic E-state index is 12.5. The molecule has 0 spiro atoms. The molecule has 0 aromatic carbocycles. The number of carbonyl (C=O) groups is 2. The SMILES string of the molecule is O=C(O)CC1(NC(=O)N2CCc3sccc3C2)CCCC1. The van der Waals surface area contributed by atoms with E-state index in [4.69, 9.17) is 5.11 Å². The van der Waals surface area contributed by atoms with E-state index in [1.54, 1.807) is 16.2 Å². The van der Waals surface area contributed by atoms with Gasteiger partial charge in [-0.15, -0.1) is 11.3 Å². The highest BCUT2D eigenvalue weighted by Gasteiger charge is 2.38. The average molecular weight is 308 g/mol. The molecule has 6 heteroatoms. The van der Waals surface area contributed by atoms with E-state index < -0.39 is 11.5 Å². The van der Waals surface area contributed by atoms with Crippen LogP contribution in [0.2, 0.25) is 0 Å². The number of aliphatic carboxylic acids is 1. The van der Waals surface area contributed by atoms with Crippen LogP contribution in [-0.4, -0.2) is 34.1 Å². The quantitative estimate of drug-likeness (QED) is 0.902. The van der Waals surface area contributed by atoms with E-state index >= 15 is 0 Å². The fourth-order valence-corrected chi connectivity index (χ4v) is 4.30. The molecule has 5 nitrogen and oxygen atoms in total. The first-order chi connectivity index (χ1) is 10.1. The zero-order valence-electron chi connectivity index (χ0n) is 11.9. The third-order valence-electron chi connectivity index (χ3n) is 4.52. The zero-order chi connectivity index (χ0) is 14.9. The summed E-state index contributed by atoms with van der Waals surface area (Å²) in [5.74, 6) is -0.837. The number of amides is 2. The lowest BCUT2D eigenvalue weighted by molar-refractivity contribution is -0.138. The Morgan fingerprint density at radius 3 is 2.86 bits per heavy atom. The lowest BCUT2D eigenvalue weighted by Crippen LogP contribution is -2.53. The molecule has 21 heavy (non-hydrogen) atoms. The van der Waals surface area contributed by atoms with Gasteiger partial charge in [0, 0.05) is 18.0 Å². The zero-order valence-corrected chi connectivity index (χ0v) is 12.7. The molecule has 1 fully saturated rings. The smallest absolute Gasteiger partial charge is 0.318 e. The summed E-state index contributed by atoms with van der Waals surface area (Å²) in [7, 11) is 0. The normalized spacial score (nSPS) is 20.1. The van der Waals surface area contributed by atoms with E-state index in [0.29, 0.717) is 13.1 Å². The van der Waals surface area contributed by atoms with Gasteiger partial charge < -0.3 is 15.3 Å². The molecule has 2 amide bonds. The Balaban J connectivity index is 1.67. The molecule has 2 heterocycles. The van der Waals surface area contributed by atoms with Crippen LogP contribution in [0.25, 0.3) is 0 Å². The highest BCUT2D eigenvalue weighted by Crippen LogP contribution is 2.33. The van der Waals surface area contributed by atoms with Crippen LogP contribution in [0.1, 0.15) is 42.5 Å². The molecule has 114 valence electrons. The molecule has 2 N–H and O–H groups in total. The maximum Gasteiger partial charge on any atom is 0.318 e. The third kappa shape index (κ3) is 3.05. The van der Waals surface area contributed by atoms with Crippen LogP contribution in [0, 0.1) is 0 Å². The number of hydrogen-bond acceptors (Lipinski definition) is 3. The van der Waals surface area contributed by atoms with Gasteiger partial charge in [-0.25, -0.2) is 4.79 Å². The van der Waals surface area contributed by atoms with Crippen molar-refractivity contribution in [1.82, 2.24) is 10.2 Å². The summed E-state index contributed by atoms with van der Waals surface area (Å²) in [6, 6.07) is 1.96. The van der Waals surface area contributed by atoms with Gasteiger partial charge in [0.15, 0.2) is 0 Å². The highest BCUT2D eigenvalue weighted by atomic mass is 32.1. The van der Waals surface area contributed by atoms with Gasteiger partial charge in [0.2, 0.25) is 0 Å². The molecular weight excluding hydrogens is 288 g/mol. The predicted octanol–water partition coefficient (Wildman–Crippen LogP) is 2.60. The van der Waals surface area contributed by atoms with Gasteiger partial charge >= 0.3 is 12.0 Å². The third-order valence-corrected chi connectivity index (χ3v) is 5.54. The van der Waals surface area contributed by atoms with Gasteiger partial charge in [-0.05, 0) is 36.3 Å². The van der Waals surface area contributed by atoms with Crippen molar-refractivity contribution in [3.63, 3.8) is 0 Å².